The first-order chi connectivity index (χ1) is 17.7. The molecule has 1 fully saturated rings. The first kappa shape index (κ1) is 26.5. The van der Waals surface area contributed by atoms with Crippen molar-refractivity contribution in [2.24, 2.45) is 5.92 Å². The van der Waals surface area contributed by atoms with Crippen LogP contribution in [0.3, 0.4) is 0 Å². The van der Waals surface area contributed by atoms with E-state index in [1.54, 1.807) is 13.1 Å². The summed E-state index contributed by atoms with van der Waals surface area (Å²) in [5.41, 5.74) is 0.476. The van der Waals surface area contributed by atoms with Crippen molar-refractivity contribution in [2.75, 3.05) is 6.61 Å². The average Bonchev–Trinajstić information content (AvgIpc) is 3.49. The molecular formula is C25H32N6O6. The number of nitrogens with zero attached hydrogens (tertiary/aromatic N) is 5. The number of carbonyl (C=O) groups excluding carboxylic acids is 1. The molecule has 0 aliphatic carbocycles. The first-order valence-electron chi connectivity index (χ1n) is 12.2. The van der Waals surface area contributed by atoms with Gasteiger partial charge in [0.05, 0.1) is 25.5 Å². The van der Waals surface area contributed by atoms with Gasteiger partial charge in [-0.05, 0) is 18.4 Å². The largest absolute Gasteiger partial charge is 0.394 e. The summed E-state index contributed by atoms with van der Waals surface area (Å²) in [5.74, 6) is -0.324. The number of carbonyl (C=O) groups is 1. The Morgan fingerprint density at radius 3 is 2.59 bits per heavy atom. The lowest BCUT2D eigenvalue weighted by molar-refractivity contribution is -0.126. The second-order valence-electron chi connectivity index (χ2n) is 9.59. The van der Waals surface area contributed by atoms with Crippen LogP contribution in [0.2, 0.25) is 0 Å². The number of hydrogen-bond donors (Lipinski definition) is 3. The van der Waals surface area contributed by atoms with E-state index in [1.807, 2.05) is 44.2 Å². The van der Waals surface area contributed by atoms with E-state index in [9.17, 15) is 24.6 Å². The van der Waals surface area contributed by atoms with Gasteiger partial charge < -0.3 is 20.3 Å². The van der Waals surface area contributed by atoms with Gasteiger partial charge in [-0.1, -0.05) is 49.4 Å². The fourth-order valence-electron chi connectivity index (χ4n) is 4.46. The van der Waals surface area contributed by atoms with E-state index in [2.05, 4.69) is 15.6 Å². The highest BCUT2D eigenvalue weighted by Crippen LogP contribution is 2.27. The predicted molar refractivity (Wildman–Crippen MR) is 133 cm³/mol. The Kier molecular flexibility index (Phi) is 8.00. The van der Waals surface area contributed by atoms with Crippen molar-refractivity contribution in [3.8, 4) is 0 Å². The van der Waals surface area contributed by atoms with Gasteiger partial charge in [-0.25, -0.2) is 9.48 Å². The third-order valence-electron chi connectivity index (χ3n) is 6.43. The van der Waals surface area contributed by atoms with Crippen molar-refractivity contribution in [3.05, 3.63) is 80.4 Å². The summed E-state index contributed by atoms with van der Waals surface area (Å²) >= 11 is 0. The number of aliphatic hydroxyl groups is 2. The van der Waals surface area contributed by atoms with Crippen LogP contribution in [0.1, 0.15) is 49.4 Å². The Balaban J connectivity index is 1.55. The molecule has 0 radical (unpaired) electrons. The van der Waals surface area contributed by atoms with Crippen LogP contribution in [0.15, 0.2) is 52.3 Å². The Bertz CT molecular complexity index is 1350. The van der Waals surface area contributed by atoms with Gasteiger partial charge in [0.25, 0.3) is 5.56 Å². The zero-order chi connectivity index (χ0) is 26.7. The molecule has 1 aliphatic rings. The molecular weight excluding hydrogens is 480 g/mol. The Morgan fingerprint density at radius 1 is 1.22 bits per heavy atom. The minimum absolute atomic E-state index is 0.102. The fraction of sp³-hybridized carbons (Fsp3) is 0.480. The van der Waals surface area contributed by atoms with Crippen LogP contribution in [-0.4, -0.2) is 59.1 Å². The second kappa shape index (κ2) is 11.2. The molecule has 2 aromatic heterocycles. The van der Waals surface area contributed by atoms with Crippen LogP contribution in [0.4, 0.5) is 0 Å². The Hall–Kier alpha value is -3.61. The van der Waals surface area contributed by atoms with E-state index >= 15 is 0 Å². The van der Waals surface area contributed by atoms with E-state index in [1.165, 1.54) is 15.4 Å². The summed E-state index contributed by atoms with van der Waals surface area (Å²) in [5, 5.41) is 30.6. The van der Waals surface area contributed by atoms with Gasteiger partial charge in [0.2, 0.25) is 5.91 Å². The van der Waals surface area contributed by atoms with Gasteiger partial charge in [0.15, 0.2) is 0 Å². The van der Waals surface area contributed by atoms with Crippen LogP contribution < -0.4 is 16.6 Å². The van der Waals surface area contributed by atoms with Gasteiger partial charge in [0, 0.05) is 24.7 Å². The molecule has 4 rings (SSSR count). The predicted octanol–water partition coefficient (Wildman–Crippen LogP) is 0.112. The fourth-order valence-corrected chi connectivity index (χ4v) is 4.46. The molecule has 12 nitrogen and oxygen atoms in total. The minimum atomic E-state index is -0.927. The molecule has 0 spiro atoms. The lowest BCUT2D eigenvalue weighted by Crippen LogP contribution is -2.42. The van der Waals surface area contributed by atoms with Gasteiger partial charge in [-0.15, -0.1) is 5.10 Å². The standard InChI is InChI=1S/C25H32N6O6/c1-15(2)22(23(34)26-10-17-7-5-4-6-8-17)31-13-18(27-28-31)12-30-24(35)16(3)11-29(25(30)36)21-9-19(33)20(14-32)37-21/h4-8,11,13,15,19-22,32-33H,9-10,12,14H2,1-3H3,(H,26,34)/t19?,20-,21-,22+/m1/s1. The lowest BCUT2D eigenvalue weighted by Gasteiger charge is -2.20. The molecule has 1 unspecified atom stereocenters. The van der Waals surface area contributed by atoms with E-state index < -0.39 is 35.7 Å². The summed E-state index contributed by atoms with van der Waals surface area (Å²) in [7, 11) is 0. The Morgan fingerprint density at radius 2 is 1.95 bits per heavy atom. The number of hydrogen-bond acceptors (Lipinski definition) is 8. The van der Waals surface area contributed by atoms with Crippen LogP contribution in [-0.2, 0) is 22.6 Å². The SMILES string of the molecule is Cc1cn([C@H]2CC(O)[C@@H](CO)O2)c(=O)n(Cc2cn([C@H](C(=O)NCc3ccccc3)C(C)C)nn2)c1=O. The summed E-state index contributed by atoms with van der Waals surface area (Å²) in [6.07, 6.45) is 0.498. The topological polar surface area (TPSA) is 154 Å². The molecule has 3 N–H and O–H groups in total. The molecule has 3 aromatic rings. The van der Waals surface area contributed by atoms with E-state index in [-0.39, 0.29) is 31.4 Å². The van der Waals surface area contributed by atoms with Gasteiger partial charge in [-0.2, -0.15) is 0 Å². The number of benzene rings is 1. The molecule has 1 saturated heterocycles. The van der Waals surface area contributed by atoms with E-state index in [0.29, 0.717) is 17.8 Å². The van der Waals surface area contributed by atoms with Crippen LogP contribution in [0.5, 0.6) is 0 Å². The third-order valence-corrected chi connectivity index (χ3v) is 6.43. The quantitative estimate of drug-likeness (QED) is 0.365. The maximum atomic E-state index is 13.2. The summed E-state index contributed by atoms with van der Waals surface area (Å²) < 4.78 is 9.31. The number of amides is 1. The van der Waals surface area contributed by atoms with Crippen LogP contribution in [0, 0.1) is 12.8 Å². The minimum Gasteiger partial charge on any atom is -0.394 e. The summed E-state index contributed by atoms with van der Waals surface area (Å²) in [6, 6.07) is 8.91. The number of aryl methyl sites for hydroxylation is 1. The van der Waals surface area contributed by atoms with Crippen molar-refractivity contribution in [3.63, 3.8) is 0 Å². The molecule has 198 valence electrons. The van der Waals surface area contributed by atoms with Gasteiger partial charge in [-0.3, -0.25) is 18.7 Å². The summed E-state index contributed by atoms with van der Waals surface area (Å²) in [6.45, 7) is 5.20. The highest BCUT2D eigenvalue weighted by Gasteiger charge is 2.35. The zero-order valence-corrected chi connectivity index (χ0v) is 21.0. The van der Waals surface area contributed by atoms with Crippen molar-refractivity contribution < 1.29 is 19.7 Å². The third kappa shape index (κ3) is 5.71. The smallest absolute Gasteiger partial charge is 0.333 e. The summed E-state index contributed by atoms with van der Waals surface area (Å²) in [4.78, 5) is 39.0. The van der Waals surface area contributed by atoms with E-state index in [0.717, 1.165) is 10.1 Å². The number of ether oxygens (including phenoxy) is 1. The molecule has 0 bridgehead atoms. The molecule has 37 heavy (non-hydrogen) atoms. The zero-order valence-electron chi connectivity index (χ0n) is 21.0. The molecule has 1 aromatic carbocycles. The maximum absolute atomic E-state index is 13.2. The molecule has 1 aliphatic heterocycles. The number of rotatable bonds is 9. The normalized spacial score (nSPS) is 20.3. The molecule has 4 atom stereocenters. The average molecular weight is 513 g/mol. The molecule has 12 heteroatoms. The highest BCUT2D eigenvalue weighted by atomic mass is 16.5. The number of nitrogens with one attached hydrogen (secondary N) is 1. The van der Waals surface area contributed by atoms with Crippen molar-refractivity contribution >= 4 is 5.91 Å². The number of aromatic nitrogens is 5. The lowest BCUT2D eigenvalue weighted by atomic mass is 10.0. The monoisotopic (exact) mass is 512 g/mol. The van der Waals surface area contributed by atoms with Crippen LogP contribution in [0.25, 0.3) is 0 Å². The highest BCUT2D eigenvalue weighted by molar-refractivity contribution is 5.80. The first-order valence-corrected chi connectivity index (χ1v) is 12.2. The maximum Gasteiger partial charge on any atom is 0.333 e. The van der Waals surface area contributed by atoms with Gasteiger partial charge in [0.1, 0.15) is 24.1 Å². The Labute approximate surface area is 213 Å². The molecule has 3 heterocycles. The molecule has 0 saturated carbocycles. The van der Waals surface area contributed by atoms with Crippen LogP contribution >= 0.6 is 0 Å². The van der Waals surface area contributed by atoms with Crippen molar-refractivity contribution in [1.29, 1.82) is 0 Å². The van der Waals surface area contributed by atoms with E-state index in [4.69, 9.17) is 4.74 Å². The molecule has 1 amide bonds. The van der Waals surface area contributed by atoms with Crippen molar-refractivity contribution in [2.45, 2.75) is 64.8 Å². The van der Waals surface area contributed by atoms with Gasteiger partial charge >= 0.3 is 5.69 Å². The second-order valence-corrected chi connectivity index (χ2v) is 9.59. The number of aliphatic hydroxyl groups excluding tert-OH is 2. The van der Waals surface area contributed by atoms with Crippen molar-refractivity contribution in [1.82, 2.24) is 29.4 Å².